The van der Waals surface area contributed by atoms with Gasteiger partial charge in [-0.15, -0.1) is 0 Å². The topological polar surface area (TPSA) is 58.6 Å². The minimum absolute atomic E-state index is 0.00843. The zero-order valence-corrected chi connectivity index (χ0v) is 12.6. The number of nitrogens with one attached hydrogen (secondary N) is 1. The van der Waals surface area contributed by atoms with Crippen molar-refractivity contribution in [1.82, 2.24) is 5.32 Å². The molecule has 0 aliphatic rings. The first-order valence-electron chi connectivity index (χ1n) is 6.56. The van der Waals surface area contributed by atoms with E-state index >= 15 is 0 Å². The average molecular weight is 324 g/mol. The Labute approximate surface area is 132 Å². The van der Waals surface area contributed by atoms with Gasteiger partial charge in [-0.25, -0.2) is 4.39 Å². The number of aliphatic hydroxyl groups excluding tert-OH is 1. The molecule has 0 saturated carbocycles. The van der Waals surface area contributed by atoms with E-state index in [0.29, 0.717) is 10.6 Å². The van der Waals surface area contributed by atoms with Crippen LogP contribution < -0.4 is 10.1 Å². The molecule has 2 rings (SSSR count). The predicted octanol–water partition coefficient (Wildman–Crippen LogP) is 2.95. The number of benzene rings is 2. The number of halogens is 2. The van der Waals surface area contributed by atoms with Crippen molar-refractivity contribution in [3.05, 3.63) is 64.4 Å². The van der Waals surface area contributed by atoms with Gasteiger partial charge in [-0.05, 0) is 35.9 Å². The largest absolute Gasteiger partial charge is 0.494 e. The lowest BCUT2D eigenvalue weighted by Crippen LogP contribution is -2.28. The molecular weight excluding hydrogens is 309 g/mol. The lowest BCUT2D eigenvalue weighted by atomic mass is 10.1. The minimum atomic E-state index is -0.858. The van der Waals surface area contributed by atoms with Crippen molar-refractivity contribution in [3.63, 3.8) is 0 Å². The van der Waals surface area contributed by atoms with Crippen LogP contribution in [0.15, 0.2) is 42.5 Å². The van der Waals surface area contributed by atoms with Gasteiger partial charge in [0.15, 0.2) is 11.6 Å². The van der Waals surface area contributed by atoms with Gasteiger partial charge < -0.3 is 15.2 Å². The van der Waals surface area contributed by atoms with Crippen LogP contribution in [0.3, 0.4) is 0 Å². The van der Waals surface area contributed by atoms with Crippen molar-refractivity contribution in [3.8, 4) is 5.75 Å². The van der Waals surface area contributed by atoms with Crippen LogP contribution >= 0.6 is 11.6 Å². The molecule has 0 saturated heterocycles. The second kappa shape index (κ2) is 7.24. The maximum atomic E-state index is 13.3. The maximum absolute atomic E-state index is 13.3. The molecule has 22 heavy (non-hydrogen) atoms. The Balaban J connectivity index is 1.99. The fourth-order valence-corrected chi connectivity index (χ4v) is 2.02. The molecule has 2 aromatic carbocycles. The summed E-state index contributed by atoms with van der Waals surface area (Å²) < 4.78 is 18.1. The molecule has 2 aromatic rings. The van der Waals surface area contributed by atoms with Gasteiger partial charge in [-0.2, -0.15) is 0 Å². The first-order valence-corrected chi connectivity index (χ1v) is 6.94. The summed E-state index contributed by atoms with van der Waals surface area (Å²) in [5.74, 6) is -0.975. The van der Waals surface area contributed by atoms with Crippen molar-refractivity contribution in [1.29, 1.82) is 0 Å². The monoisotopic (exact) mass is 323 g/mol. The average Bonchev–Trinajstić information content (AvgIpc) is 2.53. The predicted molar refractivity (Wildman–Crippen MR) is 81.7 cm³/mol. The quantitative estimate of drug-likeness (QED) is 0.889. The van der Waals surface area contributed by atoms with Crippen molar-refractivity contribution in [2.45, 2.75) is 6.10 Å². The summed E-state index contributed by atoms with van der Waals surface area (Å²) in [4.78, 5) is 12.0. The highest BCUT2D eigenvalue weighted by atomic mass is 35.5. The summed E-state index contributed by atoms with van der Waals surface area (Å²) in [6.45, 7) is 0.0279. The van der Waals surface area contributed by atoms with Crippen molar-refractivity contribution >= 4 is 17.5 Å². The van der Waals surface area contributed by atoms with Gasteiger partial charge in [0.1, 0.15) is 0 Å². The number of ether oxygens (including phenoxy) is 1. The third kappa shape index (κ3) is 3.96. The van der Waals surface area contributed by atoms with Crippen molar-refractivity contribution in [2.75, 3.05) is 13.7 Å². The first-order chi connectivity index (χ1) is 10.5. The van der Waals surface area contributed by atoms with E-state index in [1.807, 2.05) is 0 Å². The standard InChI is InChI=1S/C16H15ClFNO3/c1-22-15-8-11(4-7-13(15)18)16(21)19-9-14(20)10-2-5-12(17)6-3-10/h2-8,14,20H,9H2,1H3,(H,19,21). The lowest BCUT2D eigenvalue weighted by Gasteiger charge is -2.13. The van der Waals surface area contributed by atoms with Gasteiger partial charge >= 0.3 is 0 Å². The molecule has 0 spiro atoms. The second-order valence-electron chi connectivity index (χ2n) is 4.63. The van der Waals surface area contributed by atoms with Crippen LogP contribution in [0.25, 0.3) is 0 Å². The Morgan fingerprint density at radius 1 is 1.32 bits per heavy atom. The number of hydrogen-bond donors (Lipinski definition) is 2. The number of carbonyl (C=O) groups is 1. The summed E-state index contributed by atoms with van der Waals surface area (Å²) in [7, 11) is 1.32. The highest BCUT2D eigenvalue weighted by Gasteiger charge is 2.13. The van der Waals surface area contributed by atoms with Crippen LogP contribution in [0.4, 0.5) is 4.39 Å². The van der Waals surface area contributed by atoms with Gasteiger partial charge in [0.2, 0.25) is 0 Å². The number of rotatable bonds is 5. The third-order valence-electron chi connectivity index (χ3n) is 3.12. The van der Waals surface area contributed by atoms with E-state index in [-0.39, 0.29) is 17.9 Å². The highest BCUT2D eigenvalue weighted by Crippen LogP contribution is 2.19. The molecule has 1 atom stereocenters. The Morgan fingerprint density at radius 3 is 2.64 bits per heavy atom. The maximum Gasteiger partial charge on any atom is 0.251 e. The molecule has 116 valence electrons. The Morgan fingerprint density at radius 2 is 2.00 bits per heavy atom. The third-order valence-corrected chi connectivity index (χ3v) is 3.38. The zero-order valence-electron chi connectivity index (χ0n) is 11.8. The SMILES string of the molecule is COc1cc(C(=O)NCC(O)c2ccc(Cl)cc2)ccc1F. The molecule has 1 unspecified atom stereocenters. The molecule has 0 fully saturated rings. The minimum Gasteiger partial charge on any atom is -0.494 e. The normalized spacial score (nSPS) is 11.8. The lowest BCUT2D eigenvalue weighted by molar-refractivity contribution is 0.0916. The van der Waals surface area contributed by atoms with Gasteiger partial charge in [0, 0.05) is 17.1 Å². The first kappa shape index (κ1) is 16.3. The van der Waals surface area contributed by atoms with Crippen molar-refractivity contribution < 1.29 is 19.0 Å². The van der Waals surface area contributed by atoms with E-state index < -0.39 is 17.8 Å². The Bertz CT molecular complexity index is 661. The molecule has 6 heteroatoms. The van der Waals surface area contributed by atoms with Gasteiger partial charge in [0.25, 0.3) is 5.91 Å². The fourth-order valence-electron chi connectivity index (χ4n) is 1.90. The second-order valence-corrected chi connectivity index (χ2v) is 5.06. The van der Waals surface area contributed by atoms with Crippen LogP contribution in [-0.2, 0) is 0 Å². The molecular formula is C16H15ClFNO3. The van der Waals surface area contributed by atoms with Crippen LogP contribution in [0.1, 0.15) is 22.0 Å². The van der Waals surface area contributed by atoms with E-state index in [9.17, 15) is 14.3 Å². The molecule has 0 radical (unpaired) electrons. The van der Waals surface area contributed by atoms with Gasteiger partial charge in [-0.1, -0.05) is 23.7 Å². The summed E-state index contributed by atoms with van der Waals surface area (Å²) in [5, 5.41) is 13.2. The zero-order chi connectivity index (χ0) is 16.1. The van der Waals surface area contributed by atoms with Crippen LogP contribution in [0, 0.1) is 5.82 Å². The molecule has 0 aliphatic carbocycles. The number of methoxy groups -OCH3 is 1. The van der Waals surface area contributed by atoms with Crippen LogP contribution in [0.5, 0.6) is 5.75 Å². The fraction of sp³-hybridized carbons (Fsp3) is 0.188. The van der Waals surface area contributed by atoms with E-state index in [1.165, 1.54) is 19.2 Å². The Kier molecular flexibility index (Phi) is 5.35. The van der Waals surface area contributed by atoms with Crippen molar-refractivity contribution in [2.24, 2.45) is 0 Å². The smallest absolute Gasteiger partial charge is 0.251 e. The van der Waals surface area contributed by atoms with E-state index in [1.54, 1.807) is 24.3 Å². The Hall–Kier alpha value is -2.11. The molecule has 0 bridgehead atoms. The van der Waals surface area contributed by atoms with E-state index in [0.717, 1.165) is 6.07 Å². The number of aliphatic hydroxyl groups is 1. The molecule has 1 amide bonds. The van der Waals surface area contributed by atoms with E-state index in [2.05, 4.69) is 5.32 Å². The summed E-state index contributed by atoms with van der Waals surface area (Å²) in [6, 6.07) is 10.5. The molecule has 4 nitrogen and oxygen atoms in total. The molecule has 0 heterocycles. The van der Waals surface area contributed by atoms with Gasteiger partial charge in [-0.3, -0.25) is 4.79 Å². The number of amides is 1. The molecule has 0 aromatic heterocycles. The van der Waals surface area contributed by atoms with Crippen LogP contribution in [0.2, 0.25) is 5.02 Å². The number of carbonyl (C=O) groups excluding carboxylic acids is 1. The van der Waals surface area contributed by atoms with Gasteiger partial charge in [0.05, 0.1) is 13.2 Å². The summed E-state index contributed by atoms with van der Waals surface area (Å²) in [5.41, 5.74) is 0.892. The summed E-state index contributed by atoms with van der Waals surface area (Å²) >= 11 is 5.77. The molecule has 2 N–H and O–H groups in total. The number of hydrogen-bond acceptors (Lipinski definition) is 3. The summed E-state index contributed by atoms with van der Waals surface area (Å²) in [6.07, 6.45) is -0.858. The molecule has 0 aliphatic heterocycles. The van der Waals surface area contributed by atoms with Crippen LogP contribution in [-0.4, -0.2) is 24.7 Å². The van der Waals surface area contributed by atoms with E-state index in [4.69, 9.17) is 16.3 Å². The highest BCUT2D eigenvalue weighted by molar-refractivity contribution is 6.30.